The van der Waals surface area contributed by atoms with E-state index in [1.54, 1.807) is 30.3 Å². The Morgan fingerprint density at radius 2 is 1.60 bits per heavy atom. The number of carbonyl (C=O) groups is 1. The van der Waals surface area contributed by atoms with E-state index in [1.807, 2.05) is 0 Å². The number of amides is 1. The van der Waals surface area contributed by atoms with Gasteiger partial charge in [-0.15, -0.1) is 0 Å². The summed E-state index contributed by atoms with van der Waals surface area (Å²) >= 11 is 11.7. The molecule has 0 aromatic heterocycles. The number of halogens is 5. The molecule has 35 heavy (non-hydrogen) atoms. The zero-order valence-electron chi connectivity index (χ0n) is 17.9. The SMILES string of the molecule is O=C(CN(c1ccc(Cl)c(C(F)(F)F)c1)S(=O)(=O)c1ccccc1)NCCOc1ccccc1Cl. The summed E-state index contributed by atoms with van der Waals surface area (Å²) < 4.78 is 72.8. The molecule has 0 aliphatic rings. The van der Waals surface area contributed by atoms with E-state index in [4.69, 9.17) is 27.9 Å². The molecule has 1 N–H and O–H groups in total. The third-order valence-electron chi connectivity index (χ3n) is 4.68. The monoisotopic (exact) mass is 546 g/mol. The second-order valence-electron chi connectivity index (χ2n) is 7.12. The molecule has 0 unspecified atom stereocenters. The number of nitrogens with one attached hydrogen (secondary N) is 1. The number of hydrogen-bond donors (Lipinski definition) is 1. The fourth-order valence-electron chi connectivity index (χ4n) is 3.02. The van der Waals surface area contributed by atoms with Crippen molar-refractivity contribution in [2.45, 2.75) is 11.1 Å². The molecule has 1 amide bonds. The number of ether oxygens (including phenoxy) is 1. The molecule has 0 fully saturated rings. The maximum atomic E-state index is 13.4. The number of alkyl halides is 3. The predicted octanol–water partition coefficient (Wildman–Crippen LogP) is 5.40. The van der Waals surface area contributed by atoms with Crippen LogP contribution in [0.4, 0.5) is 18.9 Å². The van der Waals surface area contributed by atoms with Crippen LogP contribution < -0.4 is 14.4 Å². The molecule has 0 aliphatic carbocycles. The minimum Gasteiger partial charge on any atom is -0.490 e. The first-order valence-corrected chi connectivity index (χ1v) is 12.3. The normalized spacial score (nSPS) is 11.7. The number of hydrogen-bond acceptors (Lipinski definition) is 4. The van der Waals surface area contributed by atoms with Gasteiger partial charge in [0.25, 0.3) is 10.0 Å². The van der Waals surface area contributed by atoms with Gasteiger partial charge in [0.2, 0.25) is 5.91 Å². The van der Waals surface area contributed by atoms with Gasteiger partial charge in [-0.25, -0.2) is 8.42 Å². The van der Waals surface area contributed by atoms with Gasteiger partial charge in [0.1, 0.15) is 18.9 Å². The number of sulfonamides is 1. The number of benzene rings is 3. The molecule has 3 aromatic rings. The maximum absolute atomic E-state index is 13.4. The van der Waals surface area contributed by atoms with Gasteiger partial charge in [0, 0.05) is 0 Å². The largest absolute Gasteiger partial charge is 0.490 e. The molecule has 12 heteroatoms. The molecule has 3 aromatic carbocycles. The molecule has 0 saturated carbocycles. The zero-order valence-corrected chi connectivity index (χ0v) is 20.3. The topological polar surface area (TPSA) is 75.7 Å². The Labute approximate surface area is 210 Å². The first-order chi connectivity index (χ1) is 16.5. The summed E-state index contributed by atoms with van der Waals surface area (Å²) in [5.41, 5.74) is -1.59. The van der Waals surface area contributed by atoms with Gasteiger partial charge in [-0.1, -0.05) is 53.5 Å². The Morgan fingerprint density at radius 1 is 0.943 bits per heavy atom. The summed E-state index contributed by atoms with van der Waals surface area (Å²) in [4.78, 5) is 12.4. The minimum absolute atomic E-state index is 0.00228. The molecule has 0 bridgehead atoms. The summed E-state index contributed by atoms with van der Waals surface area (Å²) in [5, 5.41) is 2.27. The summed E-state index contributed by atoms with van der Waals surface area (Å²) in [7, 11) is -4.39. The lowest BCUT2D eigenvalue weighted by atomic mass is 10.2. The van der Waals surface area contributed by atoms with Crippen molar-refractivity contribution < 1.29 is 31.1 Å². The summed E-state index contributed by atoms with van der Waals surface area (Å²) in [6.07, 6.45) is -4.83. The molecule has 0 heterocycles. The van der Waals surface area contributed by atoms with Gasteiger partial charge < -0.3 is 10.1 Å². The van der Waals surface area contributed by atoms with Crippen molar-refractivity contribution in [2.75, 3.05) is 24.0 Å². The number of carbonyl (C=O) groups excluding carboxylic acids is 1. The molecule has 3 rings (SSSR count). The highest BCUT2D eigenvalue weighted by Gasteiger charge is 2.35. The summed E-state index contributed by atoms with van der Waals surface area (Å²) in [5.74, 6) is -0.353. The average molecular weight is 547 g/mol. The minimum atomic E-state index is -4.83. The van der Waals surface area contributed by atoms with Crippen molar-refractivity contribution >= 4 is 44.8 Å². The first kappa shape index (κ1) is 26.7. The van der Waals surface area contributed by atoms with Crippen LogP contribution in [0.2, 0.25) is 10.0 Å². The van der Waals surface area contributed by atoms with Gasteiger partial charge in [0.05, 0.1) is 32.7 Å². The molecule has 186 valence electrons. The quantitative estimate of drug-likeness (QED) is 0.364. The van der Waals surface area contributed by atoms with Crippen molar-refractivity contribution in [3.63, 3.8) is 0 Å². The zero-order chi connectivity index (χ0) is 25.6. The van der Waals surface area contributed by atoms with E-state index in [2.05, 4.69) is 5.32 Å². The Kier molecular flexibility index (Phi) is 8.52. The van der Waals surface area contributed by atoms with Gasteiger partial charge >= 0.3 is 6.18 Å². The highest BCUT2D eigenvalue weighted by Crippen LogP contribution is 2.38. The Bertz CT molecular complexity index is 1290. The van der Waals surface area contributed by atoms with E-state index in [0.717, 1.165) is 12.1 Å². The molecular weight excluding hydrogens is 528 g/mol. The number of nitrogens with zero attached hydrogens (tertiary/aromatic N) is 1. The van der Waals surface area contributed by atoms with E-state index in [-0.39, 0.29) is 23.7 Å². The van der Waals surface area contributed by atoms with Crippen LogP contribution in [0.3, 0.4) is 0 Å². The molecule has 0 saturated heterocycles. The standard InChI is InChI=1S/C23H19Cl2F3N2O4S/c24-19-11-10-16(14-18(19)23(26,27)28)30(35(32,33)17-6-2-1-3-7-17)15-22(31)29-12-13-34-21-9-5-4-8-20(21)25/h1-11,14H,12-13,15H2,(H,29,31). The molecule has 0 radical (unpaired) electrons. The summed E-state index contributed by atoms with van der Waals surface area (Å²) in [6.45, 7) is -0.750. The van der Waals surface area contributed by atoms with E-state index in [0.29, 0.717) is 21.1 Å². The Morgan fingerprint density at radius 3 is 2.26 bits per heavy atom. The molecule has 0 spiro atoms. The van der Waals surface area contributed by atoms with Crippen molar-refractivity contribution in [1.29, 1.82) is 0 Å². The van der Waals surface area contributed by atoms with Crippen LogP contribution in [0.1, 0.15) is 5.56 Å². The fraction of sp³-hybridized carbons (Fsp3) is 0.174. The highest BCUT2D eigenvalue weighted by atomic mass is 35.5. The van der Waals surface area contributed by atoms with E-state index in [1.165, 1.54) is 24.3 Å². The van der Waals surface area contributed by atoms with E-state index >= 15 is 0 Å². The highest BCUT2D eigenvalue weighted by molar-refractivity contribution is 7.92. The lowest BCUT2D eigenvalue weighted by Gasteiger charge is -2.25. The van der Waals surface area contributed by atoms with Gasteiger partial charge in [-0.2, -0.15) is 13.2 Å². The van der Waals surface area contributed by atoms with Crippen LogP contribution in [0, 0.1) is 0 Å². The molecule has 0 atom stereocenters. The number of para-hydroxylation sites is 1. The van der Waals surface area contributed by atoms with Crippen LogP contribution in [0.25, 0.3) is 0 Å². The van der Waals surface area contributed by atoms with Gasteiger partial charge in [0.15, 0.2) is 0 Å². The maximum Gasteiger partial charge on any atom is 0.417 e. The number of anilines is 1. The predicted molar refractivity (Wildman–Crippen MR) is 127 cm³/mol. The van der Waals surface area contributed by atoms with Crippen LogP contribution >= 0.6 is 23.2 Å². The van der Waals surface area contributed by atoms with Gasteiger partial charge in [-0.05, 0) is 42.5 Å². The third-order valence-corrected chi connectivity index (χ3v) is 7.11. The van der Waals surface area contributed by atoms with Crippen molar-refractivity contribution in [3.05, 3.63) is 88.4 Å². The van der Waals surface area contributed by atoms with Crippen LogP contribution in [-0.4, -0.2) is 34.0 Å². The Balaban J connectivity index is 1.81. The lowest BCUT2D eigenvalue weighted by Crippen LogP contribution is -2.42. The van der Waals surface area contributed by atoms with Crippen molar-refractivity contribution in [2.24, 2.45) is 0 Å². The van der Waals surface area contributed by atoms with Crippen LogP contribution in [-0.2, 0) is 21.0 Å². The molecule has 6 nitrogen and oxygen atoms in total. The van der Waals surface area contributed by atoms with E-state index in [9.17, 15) is 26.4 Å². The second kappa shape index (κ2) is 11.2. The second-order valence-corrected chi connectivity index (χ2v) is 9.79. The molecule has 0 aliphatic heterocycles. The Hall–Kier alpha value is -2.95. The van der Waals surface area contributed by atoms with Crippen molar-refractivity contribution in [1.82, 2.24) is 5.32 Å². The van der Waals surface area contributed by atoms with Crippen LogP contribution in [0.15, 0.2) is 77.7 Å². The van der Waals surface area contributed by atoms with Crippen molar-refractivity contribution in [3.8, 4) is 5.75 Å². The summed E-state index contributed by atoms with van der Waals surface area (Å²) in [6, 6.07) is 16.4. The lowest BCUT2D eigenvalue weighted by molar-refractivity contribution is -0.137. The van der Waals surface area contributed by atoms with Gasteiger partial charge in [-0.3, -0.25) is 9.10 Å². The number of rotatable bonds is 9. The van der Waals surface area contributed by atoms with E-state index < -0.39 is 39.2 Å². The van der Waals surface area contributed by atoms with Crippen LogP contribution in [0.5, 0.6) is 5.75 Å². The first-order valence-electron chi connectivity index (χ1n) is 10.1. The molecular formula is C23H19Cl2F3N2O4S. The average Bonchev–Trinajstić information content (AvgIpc) is 2.81. The fourth-order valence-corrected chi connectivity index (χ4v) is 4.87. The third kappa shape index (κ3) is 6.81. The smallest absolute Gasteiger partial charge is 0.417 e.